The van der Waals surface area contributed by atoms with Gasteiger partial charge in [-0.25, -0.2) is 13.4 Å². The number of carbonyl (C=O) groups excluding carboxylic acids is 4. The zero-order valence-corrected chi connectivity index (χ0v) is 33.2. The van der Waals surface area contributed by atoms with Crippen molar-refractivity contribution in [3.8, 4) is 27.7 Å². The summed E-state index contributed by atoms with van der Waals surface area (Å²) in [7, 11) is -2.32. The highest BCUT2D eigenvalue weighted by Crippen LogP contribution is 2.46. The Bertz CT molecular complexity index is 2090. The monoisotopic (exact) mass is 793 g/mol. The van der Waals surface area contributed by atoms with Crippen molar-refractivity contribution in [1.82, 2.24) is 34.9 Å². The standard InChI is InChI=1S/C38H47N7O8S2/c1-6-8-23-20-38(23,36(49)43-55(50,51)27-15-16-27)40-32(46)28-19-24(21-44(28)34(47)29(37(2,3)4)35(48)53-26-9-7-10-26)45-41-30(22-11-13-25(52-5)14-12-22)31(42-45)33-39-17-18-54-33/h6,8,11-14,17-18,23-24,26-29H,7,9-10,15-16,19-21H2,1-5H3,(H,40,46)(H,43,49)/b8-6+/t23-,24-,28+,29-,38+/m1/s1. The van der Waals surface area contributed by atoms with E-state index < -0.39 is 73.8 Å². The average molecular weight is 794 g/mol. The summed E-state index contributed by atoms with van der Waals surface area (Å²) in [4.78, 5) is 64.0. The van der Waals surface area contributed by atoms with Gasteiger partial charge < -0.3 is 19.7 Å². The number of methoxy groups -OCH3 is 1. The molecule has 1 saturated heterocycles. The van der Waals surface area contributed by atoms with Gasteiger partial charge in [0, 0.05) is 36.0 Å². The molecule has 4 aliphatic rings. The van der Waals surface area contributed by atoms with E-state index >= 15 is 0 Å². The van der Waals surface area contributed by atoms with E-state index in [1.54, 1.807) is 53.2 Å². The van der Waals surface area contributed by atoms with Crippen molar-refractivity contribution in [2.75, 3.05) is 13.7 Å². The molecule has 3 saturated carbocycles. The largest absolute Gasteiger partial charge is 0.497 e. The van der Waals surface area contributed by atoms with Crippen LogP contribution in [0.25, 0.3) is 22.0 Å². The van der Waals surface area contributed by atoms with Gasteiger partial charge in [0.1, 0.15) is 45.7 Å². The molecule has 15 nitrogen and oxygen atoms in total. The third kappa shape index (κ3) is 7.77. The van der Waals surface area contributed by atoms with E-state index in [9.17, 15) is 27.6 Å². The summed E-state index contributed by atoms with van der Waals surface area (Å²) in [5, 5.41) is 14.4. The molecule has 1 aromatic carbocycles. The van der Waals surface area contributed by atoms with Crippen molar-refractivity contribution in [3.63, 3.8) is 0 Å². The van der Waals surface area contributed by atoms with Gasteiger partial charge in [0.15, 0.2) is 0 Å². The number of sulfonamides is 1. The van der Waals surface area contributed by atoms with Crippen LogP contribution in [-0.2, 0) is 33.9 Å². The predicted octanol–water partition coefficient (Wildman–Crippen LogP) is 4.04. The lowest BCUT2D eigenvalue weighted by Crippen LogP contribution is -2.58. The normalized spacial score (nSPS) is 24.6. The Hall–Kier alpha value is -4.64. The van der Waals surface area contributed by atoms with Crippen molar-refractivity contribution in [1.29, 1.82) is 0 Å². The molecule has 17 heteroatoms. The molecule has 5 atom stereocenters. The molecule has 2 N–H and O–H groups in total. The van der Waals surface area contributed by atoms with Gasteiger partial charge >= 0.3 is 5.97 Å². The van der Waals surface area contributed by atoms with Crippen molar-refractivity contribution >= 4 is 45.1 Å². The number of rotatable bonds is 13. The van der Waals surface area contributed by atoms with Crippen LogP contribution in [0.1, 0.15) is 78.7 Å². The Kier molecular flexibility index (Phi) is 10.4. The van der Waals surface area contributed by atoms with Crippen LogP contribution in [0.5, 0.6) is 5.75 Å². The molecule has 294 valence electrons. The average Bonchev–Trinajstić information content (AvgIpc) is 3.86. The lowest BCUT2D eigenvalue weighted by atomic mass is 9.79. The molecule has 3 heterocycles. The summed E-state index contributed by atoms with van der Waals surface area (Å²) in [6, 6.07) is 5.56. The summed E-state index contributed by atoms with van der Waals surface area (Å²) in [6.45, 7) is 7.09. The van der Waals surface area contributed by atoms with Crippen LogP contribution < -0.4 is 14.8 Å². The van der Waals surface area contributed by atoms with Crippen molar-refractivity contribution < 1.29 is 37.1 Å². The number of amides is 3. The maximum Gasteiger partial charge on any atom is 0.319 e. The Balaban J connectivity index is 1.23. The predicted molar refractivity (Wildman–Crippen MR) is 203 cm³/mol. The molecule has 7 rings (SSSR count). The Labute approximate surface area is 324 Å². The van der Waals surface area contributed by atoms with Gasteiger partial charge in [0.05, 0.1) is 18.4 Å². The van der Waals surface area contributed by atoms with Crippen LogP contribution in [-0.4, -0.2) is 93.6 Å². The van der Waals surface area contributed by atoms with Gasteiger partial charge in [-0.2, -0.15) is 9.90 Å². The first-order valence-electron chi connectivity index (χ1n) is 18.7. The quantitative estimate of drug-likeness (QED) is 0.144. The van der Waals surface area contributed by atoms with Crippen molar-refractivity contribution in [3.05, 3.63) is 48.0 Å². The number of aromatic nitrogens is 4. The van der Waals surface area contributed by atoms with Crippen LogP contribution in [0.3, 0.4) is 0 Å². The molecule has 0 radical (unpaired) electrons. The maximum absolute atomic E-state index is 14.7. The lowest BCUT2D eigenvalue weighted by molar-refractivity contribution is -0.169. The molecule has 0 bridgehead atoms. The van der Waals surface area contributed by atoms with Crippen molar-refractivity contribution in [2.24, 2.45) is 17.3 Å². The summed E-state index contributed by atoms with van der Waals surface area (Å²) in [5.41, 5.74) is -0.593. The minimum Gasteiger partial charge on any atom is -0.497 e. The topological polar surface area (TPSA) is 192 Å². The second-order valence-electron chi connectivity index (χ2n) is 15.9. The molecule has 1 aliphatic heterocycles. The van der Waals surface area contributed by atoms with Crippen LogP contribution in [0.2, 0.25) is 0 Å². The number of likely N-dealkylation sites (tertiary alicyclic amines) is 1. The number of carbonyl (C=O) groups is 4. The van der Waals surface area contributed by atoms with E-state index in [1.807, 2.05) is 29.6 Å². The number of ether oxygens (including phenoxy) is 2. The maximum atomic E-state index is 14.7. The molecule has 0 spiro atoms. The summed E-state index contributed by atoms with van der Waals surface area (Å²) >= 11 is 1.39. The molecule has 4 fully saturated rings. The van der Waals surface area contributed by atoms with E-state index in [2.05, 4.69) is 15.0 Å². The van der Waals surface area contributed by atoms with E-state index in [-0.39, 0.29) is 25.5 Å². The lowest BCUT2D eigenvalue weighted by Gasteiger charge is -2.35. The van der Waals surface area contributed by atoms with E-state index in [0.717, 1.165) is 24.8 Å². The molecule has 3 amide bonds. The molecule has 3 aliphatic carbocycles. The highest BCUT2D eigenvalue weighted by molar-refractivity contribution is 7.91. The molecule has 0 unspecified atom stereocenters. The second-order valence-corrected chi connectivity index (χ2v) is 18.8. The minimum absolute atomic E-state index is 0.0260. The first kappa shape index (κ1) is 38.6. The number of hydrogen-bond acceptors (Lipinski definition) is 12. The SMILES string of the molecule is C/C=C/[C@@H]1C[C@@]1(NC(=O)[C@@H]1C[C@@H](n2nc(-c3ccc(OC)cc3)c(-c3nccs3)n2)CN1C(=O)[C@H](C(=O)OC1CCC1)C(C)(C)C)C(=O)NS(=O)(=O)C1CC1. The summed E-state index contributed by atoms with van der Waals surface area (Å²) in [5.74, 6) is -3.72. The van der Waals surface area contributed by atoms with E-state index in [1.165, 1.54) is 21.0 Å². The fourth-order valence-electron chi connectivity index (χ4n) is 7.30. The van der Waals surface area contributed by atoms with Crippen LogP contribution in [0.15, 0.2) is 48.0 Å². The third-order valence-electron chi connectivity index (χ3n) is 10.9. The van der Waals surface area contributed by atoms with E-state index in [0.29, 0.717) is 35.0 Å². The van der Waals surface area contributed by atoms with Crippen LogP contribution in [0, 0.1) is 17.3 Å². The second kappa shape index (κ2) is 14.8. The van der Waals surface area contributed by atoms with Gasteiger partial charge in [0.25, 0.3) is 5.91 Å². The number of nitrogens with zero attached hydrogens (tertiary/aromatic N) is 5. The number of esters is 1. The number of hydrogen-bond donors (Lipinski definition) is 2. The van der Waals surface area contributed by atoms with E-state index in [4.69, 9.17) is 19.7 Å². The first-order chi connectivity index (χ1) is 26.1. The molecule has 2 aromatic heterocycles. The van der Waals surface area contributed by atoms with Gasteiger partial charge in [-0.15, -0.1) is 16.4 Å². The fourth-order valence-corrected chi connectivity index (χ4v) is 9.28. The van der Waals surface area contributed by atoms with Gasteiger partial charge in [-0.05, 0) is 75.1 Å². The third-order valence-corrected chi connectivity index (χ3v) is 13.5. The minimum atomic E-state index is -3.91. The highest BCUT2D eigenvalue weighted by atomic mass is 32.2. The number of benzene rings is 1. The Morgan fingerprint density at radius 1 is 1.05 bits per heavy atom. The number of nitrogens with one attached hydrogen (secondary N) is 2. The highest BCUT2D eigenvalue weighted by Gasteiger charge is 2.62. The van der Waals surface area contributed by atoms with Crippen LogP contribution in [0.4, 0.5) is 0 Å². The van der Waals surface area contributed by atoms with Crippen molar-refractivity contribution in [2.45, 2.75) is 102 Å². The van der Waals surface area contributed by atoms with Gasteiger partial charge in [-0.3, -0.25) is 23.9 Å². The Morgan fingerprint density at radius 2 is 1.76 bits per heavy atom. The van der Waals surface area contributed by atoms with Crippen LogP contribution >= 0.6 is 11.3 Å². The fraction of sp³-hybridized carbons (Fsp3) is 0.553. The zero-order chi connectivity index (χ0) is 39.3. The van der Waals surface area contributed by atoms with Gasteiger partial charge in [0.2, 0.25) is 21.8 Å². The molecule has 55 heavy (non-hydrogen) atoms. The Morgan fingerprint density at radius 3 is 2.35 bits per heavy atom. The summed E-state index contributed by atoms with van der Waals surface area (Å²) in [6.07, 6.45) is 8.46. The number of allylic oxidation sites excluding steroid dienone is 1. The molecule has 3 aromatic rings. The smallest absolute Gasteiger partial charge is 0.319 e. The first-order valence-corrected chi connectivity index (χ1v) is 21.1. The van der Waals surface area contributed by atoms with Gasteiger partial charge in [-0.1, -0.05) is 32.9 Å². The summed E-state index contributed by atoms with van der Waals surface area (Å²) < 4.78 is 39.0. The zero-order valence-electron chi connectivity index (χ0n) is 31.6. The molecular weight excluding hydrogens is 747 g/mol. The number of thiazole rings is 1. The molecular formula is C38H47N7O8S2.